The number of pyridine rings is 1. The predicted molar refractivity (Wildman–Crippen MR) is 125 cm³/mol. The molecule has 3 aromatic carbocycles. The number of benzene rings is 3. The van der Waals surface area contributed by atoms with Gasteiger partial charge in [-0.2, -0.15) is 18.4 Å². The lowest BCUT2D eigenvalue weighted by molar-refractivity contribution is -0.137. The summed E-state index contributed by atoms with van der Waals surface area (Å²) in [6.07, 6.45) is -4.15. The number of aromatic nitrogens is 1. The molecule has 0 saturated heterocycles. The van der Waals surface area contributed by atoms with Crippen LogP contribution < -0.4 is 5.56 Å². The summed E-state index contributed by atoms with van der Waals surface area (Å²) >= 11 is 0. The zero-order chi connectivity index (χ0) is 24.3. The Kier molecular flexibility index (Phi) is 6.38. The van der Waals surface area contributed by atoms with Gasteiger partial charge in [0.1, 0.15) is 11.6 Å². The van der Waals surface area contributed by atoms with E-state index in [9.17, 15) is 23.2 Å². The summed E-state index contributed by atoms with van der Waals surface area (Å²) in [6.45, 7) is 1.97. The van der Waals surface area contributed by atoms with E-state index in [2.05, 4.69) is 0 Å². The van der Waals surface area contributed by atoms with Crippen LogP contribution in [0.4, 0.5) is 13.2 Å². The van der Waals surface area contributed by atoms with Crippen LogP contribution in [0.25, 0.3) is 11.3 Å². The molecule has 1 heterocycles. The maximum atomic E-state index is 13.7. The van der Waals surface area contributed by atoms with Crippen LogP contribution in [0.15, 0.2) is 89.7 Å². The second-order valence-corrected chi connectivity index (χ2v) is 8.16. The minimum Gasteiger partial charge on any atom is -0.303 e. The molecule has 0 fully saturated rings. The molecule has 0 aliphatic carbocycles. The summed E-state index contributed by atoms with van der Waals surface area (Å²) in [4.78, 5) is 13.1. The molecular weight excluding hydrogens is 437 g/mol. The number of halogens is 3. The minimum atomic E-state index is -4.82. The van der Waals surface area contributed by atoms with E-state index in [1.807, 2.05) is 73.7 Å². The van der Waals surface area contributed by atoms with Gasteiger partial charge in [-0.1, -0.05) is 84.4 Å². The third kappa shape index (κ3) is 4.94. The van der Waals surface area contributed by atoms with Crippen molar-refractivity contribution in [3.8, 4) is 17.3 Å². The van der Waals surface area contributed by atoms with Gasteiger partial charge in [-0.15, -0.1) is 0 Å². The van der Waals surface area contributed by atoms with Crippen molar-refractivity contribution in [2.24, 2.45) is 0 Å². The Balaban J connectivity index is 1.82. The van der Waals surface area contributed by atoms with Crippen LogP contribution in [-0.4, -0.2) is 4.57 Å². The third-order valence-corrected chi connectivity index (χ3v) is 5.68. The first-order chi connectivity index (χ1) is 16.3. The molecule has 0 spiro atoms. The lowest BCUT2D eigenvalue weighted by atomic mass is 10.00. The number of rotatable bonds is 5. The van der Waals surface area contributed by atoms with Crippen LogP contribution >= 0.6 is 0 Å². The van der Waals surface area contributed by atoms with Crippen LogP contribution in [0.1, 0.15) is 33.4 Å². The van der Waals surface area contributed by atoms with Crippen LogP contribution in [0, 0.1) is 18.3 Å². The van der Waals surface area contributed by atoms with Gasteiger partial charge in [0.05, 0.1) is 17.8 Å². The fourth-order valence-electron chi connectivity index (χ4n) is 3.88. The predicted octanol–water partition coefficient (Wildman–Crippen LogP) is 6.35. The number of alkyl halides is 3. The summed E-state index contributed by atoms with van der Waals surface area (Å²) in [7, 11) is 0. The Hall–Kier alpha value is -4.11. The molecule has 6 heteroatoms. The number of nitriles is 1. The molecule has 34 heavy (non-hydrogen) atoms. The zero-order valence-corrected chi connectivity index (χ0v) is 18.4. The van der Waals surface area contributed by atoms with Crippen LogP contribution in [0.2, 0.25) is 0 Å². The van der Waals surface area contributed by atoms with Crippen molar-refractivity contribution < 1.29 is 13.2 Å². The normalized spacial score (nSPS) is 11.3. The third-order valence-electron chi connectivity index (χ3n) is 5.68. The first-order valence-corrected chi connectivity index (χ1v) is 10.7. The molecule has 0 N–H and O–H groups in total. The molecule has 4 rings (SSSR count). The highest BCUT2D eigenvalue weighted by Crippen LogP contribution is 2.34. The quantitative estimate of drug-likeness (QED) is 0.350. The van der Waals surface area contributed by atoms with Crippen molar-refractivity contribution in [1.29, 1.82) is 5.26 Å². The molecule has 3 nitrogen and oxygen atoms in total. The molecule has 0 radical (unpaired) electrons. The van der Waals surface area contributed by atoms with Crippen LogP contribution in [0.5, 0.6) is 0 Å². The van der Waals surface area contributed by atoms with Gasteiger partial charge in [0.2, 0.25) is 0 Å². The monoisotopic (exact) mass is 458 g/mol. The van der Waals surface area contributed by atoms with Gasteiger partial charge < -0.3 is 4.57 Å². The molecule has 170 valence electrons. The van der Waals surface area contributed by atoms with Gasteiger partial charge >= 0.3 is 6.18 Å². The smallest absolute Gasteiger partial charge is 0.303 e. The molecule has 4 aromatic rings. The number of aryl methyl sites for hydroxylation is 1. The van der Waals surface area contributed by atoms with E-state index < -0.39 is 22.9 Å². The molecule has 0 unspecified atom stereocenters. The lowest BCUT2D eigenvalue weighted by Crippen LogP contribution is -2.28. The van der Waals surface area contributed by atoms with Gasteiger partial charge in [0.25, 0.3) is 5.56 Å². The lowest BCUT2D eigenvalue weighted by Gasteiger charge is -2.18. The number of hydrogen-bond donors (Lipinski definition) is 0. The van der Waals surface area contributed by atoms with E-state index in [-0.39, 0.29) is 12.2 Å². The second kappa shape index (κ2) is 9.40. The van der Waals surface area contributed by atoms with Crippen molar-refractivity contribution in [2.45, 2.75) is 26.1 Å². The van der Waals surface area contributed by atoms with E-state index in [1.54, 1.807) is 12.1 Å². The summed E-state index contributed by atoms with van der Waals surface area (Å²) in [5, 5.41) is 9.36. The standard InChI is InChI=1S/C28H21F3N2O/c1-19-7-9-22(10-8-19)18-33-26(16-25(28(29,30)31)24(17-32)27(33)34)23-13-11-21(12-14-23)15-20-5-3-2-4-6-20/h2-14,16H,15,18H2,1H3. The molecule has 0 aliphatic heterocycles. The van der Waals surface area contributed by atoms with E-state index in [0.717, 1.165) is 28.3 Å². The fourth-order valence-corrected chi connectivity index (χ4v) is 3.88. The zero-order valence-electron chi connectivity index (χ0n) is 18.4. The van der Waals surface area contributed by atoms with Gasteiger partial charge in [0, 0.05) is 0 Å². The Morgan fingerprint density at radius 2 is 1.44 bits per heavy atom. The number of hydrogen-bond acceptors (Lipinski definition) is 2. The van der Waals surface area contributed by atoms with Crippen LogP contribution in [0.3, 0.4) is 0 Å². The first-order valence-electron chi connectivity index (χ1n) is 10.7. The Bertz CT molecular complexity index is 1400. The molecule has 1 aromatic heterocycles. The summed E-state index contributed by atoms with van der Waals surface area (Å²) in [5.74, 6) is 0. The second-order valence-electron chi connectivity index (χ2n) is 8.16. The summed E-state index contributed by atoms with van der Waals surface area (Å²) in [5.41, 5.74) is 1.39. The maximum Gasteiger partial charge on any atom is 0.417 e. The fraction of sp³-hybridized carbons (Fsp3) is 0.143. The summed E-state index contributed by atoms with van der Waals surface area (Å²) < 4.78 is 42.4. The van der Waals surface area contributed by atoms with Crippen molar-refractivity contribution in [3.05, 3.63) is 129 Å². The van der Waals surface area contributed by atoms with Crippen molar-refractivity contribution in [2.75, 3.05) is 0 Å². The Labute approximate surface area is 195 Å². The minimum absolute atomic E-state index is 0.0486. The molecule has 0 saturated carbocycles. The highest BCUT2D eigenvalue weighted by Gasteiger charge is 2.36. The van der Waals surface area contributed by atoms with Gasteiger partial charge in [-0.05, 0) is 41.7 Å². The van der Waals surface area contributed by atoms with Crippen LogP contribution in [-0.2, 0) is 19.1 Å². The number of nitrogens with zero attached hydrogens (tertiary/aromatic N) is 2. The summed E-state index contributed by atoms with van der Waals surface area (Å²) in [6, 6.07) is 26.7. The van der Waals surface area contributed by atoms with Crippen molar-refractivity contribution in [3.63, 3.8) is 0 Å². The van der Waals surface area contributed by atoms with Crippen molar-refractivity contribution >= 4 is 0 Å². The van der Waals surface area contributed by atoms with Crippen molar-refractivity contribution in [1.82, 2.24) is 4.57 Å². The van der Waals surface area contributed by atoms with E-state index in [1.165, 1.54) is 10.6 Å². The topological polar surface area (TPSA) is 45.8 Å². The SMILES string of the molecule is Cc1ccc(Cn2c(-c3ccc(Cc4ccccc4)cc3)cc(C(F)(F)F)c(C#N)c2=O)cc1. The highest BCUT2D eigenvalue weighted by molar-refractivity contribution is 5.63. The Morgan fingerprint density at radius 3 is 2.03 bits per heavy atom. The van der Waals surface area contributed by atoms with E-state index in [4.69, 9.17) is 0 Å². The maximum absolute atomic E-state index is 13.7. The van der Waals surface area contributed by atoms with Gasteiger partial charge in [-0.3, -0.25) is 4.79 Å². The molecule has 0 bridgehead atoms. The van der Waals surface area contributed by atoms with E-state index in [0.29, 0.717) is 12.0 Å². The first kappa shape index (κ1) is 23.1. The molecular formula is C28H21F3N2O. The largest absolute Gasteiger partial charge is 0.417 e. The van der Waals surface area contributed by atoms with Gasteiger partial charge in [0.15, 0.2) is 0 Å². The molecule has 0 atom stereocenters. The highest BCUT2D eigenvalue weighted by atomic mass is 19.4. The Morgan fingerprint density at radius 1 is 0.853 bits per heavy atom. The average molecular weight is 458 g/mol. The van der Waals surface area contributed by atoms with Gasteiger partial charge in [-0.25, -0.2) is 0 Å². The molecule has 0 aliphatic rings. The average Bonchev–Trinajstić information content (AvgIpc) is 2.82. The van der Waals surface area contributed by atoms with E-state index >= 15 is 0 Å². The molecule has 0 amide bonds.